The van der Waals surface area contributed by atoms with Crippen LogP contribution in [-0.2, 0) is 0 Å². The number of benzene rings is 1. The van der Waals surface area contributed by atoms with Gasteiger partial charge in [-0.3, -0.25) is 9.80 Å². The van der Waals surface area contributed by atoms with Gasteiger partial charge in [0.15, 0.2) is 0 Å². The third-order valence-corrected chi connectivity index (χ3v) is 4.36. The number of hydrogen-bond donors (Lipinski definition) is 0. The van der Waals surface area contributed by atoms with Crippen molar-refractivity contribution in [1.82, 2.24) is 9.80 Å². The predicted octanol–water partition coefficient (Wildman–Crippen LogP) is 2.37. The average molecular weight is 278 g/mol. The van der Waals surface area contributed by atoms with Gasteiger partial charge in [0.1, 0.15) is 18.2 Å². The fourth-order valence-electron chi connectivity index (χ4n) is 3.34. The summed E-state index contributed by atoms with van der Waals surface area (Å²) < 4.78 is 18.7. The van der Waals surface area contributed by atoms with Crippen molar-refractivity contribution >= 4 is 0 Å². The lowest BCUT2D eigenvalue weighted by Crippen LogP contribution is -2.38. The van der Waals surface area contributed by atoms with Crippen molar-refractivity contribution in [3.8, 4) is 5.75 Å². The van der Waals surface area contributed by atoms with E-state index >= 15 is 0 Å². The molecule has 1 aromatic carbocycles. The molecular formula is C16H23FN2O. The fraction of sp³-hybridized carbons (Fsp3) is 0.625. The Balaban J connectivity index is 1.46. The van der Waals surface area contributed by atoms with Gasteiger partial charge in [-0.05, 0) is 51.0 Å². The molecule has 0 radical (unpaired) electrons. The van der Waals surface area contributed by atoms with E-state index in [1.165, 1.54) is 44.5 Å². The number of nitrogens with zero attached hydrogens (tertiary/aromatic N) is 2. The monoisotopic (exact) mass is 278 g/mol. The van der Waals surface area contributed by atoms with Crippen molar-refractivity contribution in [1.29, 1.82) is 0 Å². The summed E-state index contributed by atoms with van der Waals surface area (Å²) in [5.41, 5.74) is 0. The van der Waals surface area contributed by atoms with E-state index in [1.807, 2.05) is 6.07 Å². The summed E-state index contributed by atoms with van der Waals surface area (Å²) in [5, 5.41) is 0. The minimum absolute atomic E-state index is 0.237. The molecule has 2 aliphatic heterocycles. The van der Waals surface area contributed by atoms with Crippen LogP contribution in [0.2, 0.25) is 0 Å². The summed E-state index contributed by atoms with van der Waals surface area (Å²) >= 11 is 0. The minimum atomic E-state index is -0.237. The van der Waals surface area contributed by atoms with Gasteiger partial charge in [0, 0.05) is 25.2 Å². The maximum Gasteiger partial charge on any atom is 0.126 e. The molecule has 110 valence electrons. The van der Waals surface area contributed by atoms with Gasteiger partial charge in [-0.2, -0.15) is 0 Å². The first-order chi connectivity index (χ1) is 9.81. The van der Waals surface area contributed by atoms with Crippen LogP contribution < -0.4 is 4.74 Å². The highest BCUT2D eigenvalue weighted by molar-refractivity contribution is 5.22. The highest BCUT2D eigenvalue weighted by Crippen LogP contribution is 2.21. The SMILES string of the molecule is Fc1cccc(OCCN2CCCN3CCC[C@@H]3C2)c1. The van der Waals surface area contributed by atoms with Crippen molar-refractivity contribution in [3.05, 3.63) is 30.1 Å². The summed E-state index contributed by atoms with van der Waals surface area (Å²) in [4.78, 5) is 5.13. The van der Waals surface area contributed by atoms with Gasteiger partial charge >= 0.3 is 0 Å². The second-order valence-corrected chi connectivity index (χ2v) is 5.79. The molecule has 3 rings (SSSR count). The number of rotatable bonds is 4. The van der Waals surface area contributed by atoms with E-state index in [0.717, 1.165) is 25.7 Å². The Morgan fingerprint density at radius 2 is 2.10 bits per heavy atom. The van der Waals surface area contributed by atoms with Crippen molar-refractivity contribution < 1.29 is 9.13 Å². The molecule has 0 spiro atoms. The lowest BCUT2D eigenvalue weighted by molar-refractivity contribution is 0.188. The zero-order valence-electron chi connectivity index (χ0n) is 11.9. The van der Waals surface area contributed by atoms with Crippen LogP contribution >= 0.6 is 0 Å². The number of halogens is 1. The van der Waals surface area contributed by atoms with Crippen LogP contribution in [0, 0.1) is 5.82 Å². The van der Waals surface area contributed by atoms with Crippen LogP contribution in [0.25, 0.3) is 0 Å². The number of fused-ring (bicyclic) bond motifs is 1. The standard InChI is InChI=1S/C16H23FN2O/c17-14-4-1-6-16(12-14)20-11-10-18-7-3-9-19-8-2-5-15(19)13-18/h1,4,6,12,15H,2-3,5,7-11,13H2/t15-/m1/s1. The Labute approximate surface area is 120 Å². The van der Waals surface area contributed by atoms with Gasteiger partial charge in [0.2, 0.25) is 0 Å². The molecule has 0 amide bonds. The first-order valence-corrected chi connectivity index (χ1v) is 7.66. The molecule has 2 heterocycles. The zero-order valence-corrected chi connectivity index (χ0v) is 11.9. The van der Waals surface area contributed by atoms with Crippen molar-refractivity contribution in [2.24, 2.45) is 0 Å². The molecule has 20 heavy (non-hydrogen) atoms. The third-order valence-electron chi connectivity index (χ3n) is 4.36. The maximum absolute atomic E-state index is 13.1. The van der Waals surface area contributed by atoms with E-state index in [1.54, 1.807) is 6.07 Å². The lowest BCUT2D eigenvalue weighted by atomic mass is 10.2. The van der Waals surface area contributed by atoms with Gasteiger partial charge in [-0.25, -0.2) is 4.39 Å². The summed E-state index contributed by atoms with van der Waals surface area (Å²) in [6, 6.07) is 7.13. The van der Waals surface area contributed by atoms with Crippen molar-refractivity contribution in [2.45, 2.75) is 25.3 Å². The molecule has 0 saturated carbocycles. The molecule has 0 aromatic heterocycles. The third kappa shape index (κ3) is 3.49. The summed E-state index contributed by atoms with van der Waals surface area (Å²) in [6.07, 6.45) is 3.93. The lowest BCUT2D eigenvalue weighted by Gasteiger charge is -2.25. The smallest absolute Gasteiger partial charge is 0.126 e. The van der Waals surface area contributed by atoms with E-state index in [0.29, 0.717) is 12.4 Å². The van der Waals surface area contributed by atoms with Crippen LogP contribution in [0.3, 0.4) is 0 Å². The van der Waals surface area contributed by atoms with Gasteiger partial charge < -0.3 is 4.74 Å². The van der Waals surface area contributed by atoms with Crippen LogP contribution in [0.15, 0.2) is 24.3 Å². The van der Waals surface area contributed by atoms with Crippen molar-refractivity contribution in [2.75, 3.05) is 39.3 Å². The second-order valence-electron chi connectivity index (χ2n) is 5.79. The Hall–Kier alpha value is -1.13. The first-order valence-electron chi connectivity index (χ1n) is 7.66. The topological polar surface area (TPSA) is 15.7 Å². The quantitative estimate of drug-likeness (QED) is 0.841. The van der Waals surface area contributed by atoms with E-state index in [2.05, 4.69) is 9.80 Å². The summed E-state index contributed by atoms with van der Waals surface area (Å²) in [7, 11) is 0. The van der Waals surface area contributed by atoms with Gasteiger partial charge in [0.05, 0.1) is 0 Å². The van der Waals surface area contributed by atoms with Gasteiger partial charge in [0.25, 0.3) is 0 Å². The molecule has 1 atom stereocenters. The van der Waals surface area contributed by atoms with Gasteiger partial charge in [-0.15, -0.1) is 0 Å². The first kappa shape index (κ1) is 13.8. The highest BCUT2D eigenvalue weighted by Gasteiger charge is 2.28. The second kappa shape index (κ2) is 6.55. The molecule has 1 aromatic rings. The number of ether oxygens (including phenoxy) is 1. The zero-order chi connectivity index (χ0) is 13.8. The molecule has 2 fully saturated rings. The highest BCUT2D eigenvalue weighted by atomic mass is 19.1. The summed E-state index contributed by atoms with van der Waals surface area (Å²) in [5.74, 6) is 0.390. The molecule has 0 aliphatic carbocycles. The molecule has 0 unspecified atom stereocenters. The maximum atomic E-state index is 13.1. The normalized spacial score (nSPS) is 24.4. The van der Waals surface area contributed by atoms with Crippen LogP contribution in [0.1, 0.15) is 19.3 Å². The molecular weight excluding hydrogens is 255 g/mol. The molecule has 0 N–H and O–H groups in total. The Kier molecular flexibility index (Phi) is 4.53. The minimum Gasteiger partial charge on any atom is -0.492 e. The van der Waals surface area contributed by atoms with Crippen molar-refractivity contribution in [3.63, 3.8) is 0 Å². The van der Waals surface area contributed by atoms with Crippen LogP contribution in [-0.4, -0.2) is 55.2 Å². The number of hydrogen-bond acceptors (Lipinski definition) is 3. The van der Waals surface area contributed by atoms with Gasteiger partial charge in [-0.1, -0.05) is 6.07 Å². The Bertz CT molecular complexity index is 440. The van der Waals surface area contributed by atoms with E-state index in [4.69, 9.17) is 4.74 Å². The van der Waals surface area contributed by atoms with Crippen LogP contribution in [0.5, 0.6) is 5.75 Å². The van der Waals surface area contributed by atoms with Crippen LogP contribution in [0.4, 0.5) is 4.39 Å². The Morgan fingerprint density at radius 3 is 3.00 bits per heavy atom. The van der Waals surface area contributed by atoms with E-state index < -0.39 is 0 Å². The average Bonchev–Trinajstić information content (AvgIpc) is 2.78. The fourth-order valence-corrected chi connectivity index (χ4v) is 3.34. The molecule has 2 aliphatic rings. The van der Waals surface area contributed by atoms with E-state index in [-0.39, 0.29) is 5.82 Å². The Morgan fingerprint density at radius 1 is 1.20 bits per heavy atom. The predicted molar refractivity (Wildman–Crippen MR) is 77.5 cm³/mol. The largest absolute Gasteiger partial charge is 0.492 e. The summed E-state index contributed by atoms with van der Waals surface area (Å²) in [6.45, 7) is 6.40. The van der Waals surface area contributed by atoms with E-state index in [9.17, 15) is 4.39 Å². The molecule has 0 bridgehead atoms. The molecule has 3 nitrogen and oxygen atoms in total. The molecule has 2 saturated heterocycles. The molecule has 4 heteroatoms.